The molecule has 1 aromatic carbocycles. The predicted molar refractivity (Wildman–Crippen MR) is 79.2 cm³/mol. The van der Waals surface area contributed by atoms with Crippen LogP contribution in [0.3, 0.4) is 0 Å². The van der Waals surface area contributed by atoms with E-state index in [4.69, 9.17) is 0 Å². The number of hydrogen-bond acceptors (Lipinski definition) is 2. The van der Waals surface area contributed by atoms with Crippen molar-refractivity contribution in [1.82, 2.24) is 0 Å². The minimum absolute atomic E-state index is 0.147. The van der Waals surface area contributed by atoms with Crippen molar-refractivity contribution in [2.75, 3.05) is 0 Å². The van der Waals surface area contributed by atoms with E-state index in [9.17, 15) is 10.2 Å². The van der Waals surface area contributed by atoms with Gasteiger partial charge >= 0.3 is 0 Å². The third-order valence-corrected chi connectivity index (χ3v) is 6.36. The quantitative estimate of drug-likeness (QED) is 0.760. The highest BCUT2D eigenvalue weighted by atomic mass is 16.3. The lowest BCUT2D eigenvalue weighted by Gasteiger charge is -2.53. The molecule has 4 rings (SSSR count). The molecule has 0 heterocycles. The first kappa shape index (κ1) is 12.6. The number of benzene rings is 1. The molecule has 0 radical (unpaired) electrons. The van der Waals surface area contributed by atoms with E-state index in [1.165, 1.54) is 11.1 Å². The molecule has 2 saturated carbocycles. The number of rotatable bonds is 0. The van der Waals surface area contributed by atoms with Gasteiger partial charge in [0.1, 0.15) is 0 Å². The molecule has 2 fully saturated rings. The van der Waals surface area contributed by atoms with E-state index >= 15 is 0 Å². The standard InChI is InChI=1S/C18H22O2/c1-17-10-8-14-13-5-3-2-4-12(13)6-7-15(14)18(17,20)11-9-16(17)19/h2-7,14-16,19-20H,8-11H2,1H3/t14-,15-,16-,17-,18+/m0/s1. The monoisotopic (exact) mass is 270 g/mol. The van der Waals surface area contributed by atoms with Gasteiger partial charge < -0.3 is 10.2 Å². The second-order valence-corrected chi connectivity index (χ2v) is 7.06. The molecule has 0 unspecified atom stereocenters. The average Bonchev–Trinajstić information content (AvgIpc) is 2.71. The zero-order valence-corrected chi connectivity index (χ0v) is 11.9. The lowest BCUT2D eigenvalue weighted by molar-refractivity contribution is -0.147. The molecule has 2 heteroatoms. The van der Waals surface area contributed by atoms with Crippen molar-refractivity contribution in [3.8, 4) is 0 Å². The zero-order valence-electron chi connectivity index (χ0n) is 11.9. The van der Waals surface area contributed by atoms with Gasteiger partial charge in [0.15, 0.2) is 0 Å². The molecule has 0 bridgehead atoms. The van der Waals surface area contributed by atoms with Crippen LogP contribution in [0.15, 0.2) is 30.3 Å². The SMILES string of the molecule is C[C@@]12CC[C@H]3c4ccccc4C=C[C@@H]3[C@]1(O)CC[C@@H]2O. The van der Waals surface area contributed by atoms with E-state index in [1.54, 1.807) is 0 Å². The molecule has 0 aromatic heterocycles. The van der Waals surface area contributed by atoms with Crippen LogP contribution in [-0.2, 0) is 0 Å². The Morgan fingerprint density at radius 2 is 1.95 bits per heavy atom. The summed E-state index contributed by atoms with van der Waals surface area (Å²) in [5.74, 6) is 0.549. The fourth-order valence-corrected chi connectivity index (χ4v) is 5.00. The average molecular weight is 270 g/mol. The van der Waals surface area contributed by atoms with Gasteiger partial charge in [-0.2, -0.15) is 0 Å². The maximum atomic E-state index is 11.4. The van der Waals surface area contributed by atoms with Crippen molar-refractivity contribution in [2.45, 2.75) is 50.2 Å². The smallest absolute Gasteiger partial charge is 0.0794 e. The molecule has 1 aromatic rings. The number of fused-ring (bicyclic) bond motifs is 5. The van der Waals surface area contributed by atoms with Crippen LogP contribution in [0, 0.1) is 11.3 Å². The Balaban J connectivity index is 1.82. The lowest BCUT2D eigenvalue weighted by atomic mass is 9.54. The summed E-state index contributed by atoms with van der Waals surface area (Å²) in [5.41, 5.74) is 1.57. The summed E-state index contributed by atoms with van der Waals surface area (Å²) in [6, 6.07) is 8.53. The molecular weight excluding hydrogens is 248 g/mol. The van der Waals surface area contributed by atoms with Crippen molar-refractivity contribution >= 4 is 6.08 Å². The summed E-state index contributed by atoms with van der Waals surface area (Å²) in [6.07, 6.45) is 7.41. The lowest BCUT2D eigenvalue weighted by Crippen LogP contribution is -2.56. The molecule has 0 aliphatic heterocycles. The zero-order chi connectivity index (χ0) is 14.0. The highest BCUT2D eigenvalue weighted by molar-refractivity contribution is 5.59. The number of hydrogen-bond donors (Lipinski definition) is 2. The normalized spacial score (nSPS) is 45.6. The number of aliphatic hydroxyl groups is 2. The van der Waals surface area contributed by atoms with Gasteiger partial charge in [-0.05, 0) is 42.7 Å². The van der Waals surface area contributed by atoms with Gasteiger partial charge in [0.2, 0.25) is 0 Å². The van der Waals surface area contributed by atoms with E-state index in [2.05, 4.69) is 43.3 Å². The van der Waals surface area contributed by atoms with Gasteiger partial charge in [-0.1, -0.05) is 43.3 Å². The summed E-state index contributed by atoms with van der Waals surface area (Å²) >= 11 is 0. The Bertz CT molecular complexity index is 579. The van der Waals surface area contributed by atoms with Gasteiger partial charge in [-0.3, -0.25) is 0 Å². The minimum Gasteiger partial charge on any atom is -0.392 e. The van der Waals surface area contributed by atoms with Crippen LogP contribution in [0.4, 0.5) is 0 Å². The minimum atomic E-state index is -0.751. The molecule has 106 valence electrons. The molecule has 0 spiro atoms. The van der Waals surface area contributed by atoms with Crippen LogP contribution < -0.4 is 0 Å². The Morgan fingerprint density at radius 1 is 1.15 bits per heavy atom. The largest absolute Gasteiger partial charge is 0.392 e. The van der Waals surface area contributed by atoms with Crippen molar-refractivity contribution in [3.05, 3.63) is 41.5 Å². The maximum Gasteiger partial charge on any atom is 0.0794 e. The summed E-state index contributed by atoms with van der Waals surface area (Å²) in [7, 11) is 0. The fourth-order valence-electron chi connectivity index (χ4n) is 5.00. The first-order valence-corrected chi connectivity index (χ1v) is 7.74. The maximum absolute atomic E-state index is 11.4. The van der Waals surface area contributed by atoms with Crippen LogP contribution in [0.2, 0.25) is 0 Å². The summed E-state index contributed by atoms with van der Waals surface area (Å²) in [6.45, 7) is 2.08. The van der Waals surface area contributed by atoms with Gasteiger partial charge in [0, 0.05) is 11.3 Å². The fraction of sp³-hybridized carbons (Fsp3) is 0.556. The van der Waals surface area contributed by atoms with Crippen LogP contribution >= 0.6 is 0 Å². The molecular formula is C18H22O2. The van der Waals surface area contributed by atoms with Gasteiger partial charge in [-0.15, -0.1) is 0 Å². The van der Waals surface area contributed by atoms with E-state index in [1.807, 2.05) is 0 Å². The highest BCUT2D eigenvalue weighted by Crippen LogP contribution is 2.62. The molecule has 0 saturated heterocycles. The molecule has 3 aliphatic rings. The first-order valence-electron chi connectivity index (χ1n) is 7.74. The van der Waals surface area contributed by atoms with Crippen molar-refractivity contribution in [2.24, 2.45) is 11.3 Å². The van der Waals surface area contributed by atoms with Crippen molar-refractivity contribution < 1.29 is 10.2 Å². The van der Waals surface area contributed by atoms with Crippen LogP contribution in [0.1, 0.15) is 49.7 Å². The van der Waals surface area contributed by atoms with Crippen LogP contribution in [0.25, 0.3) is 6.08 Å². The van der Waals surface area contributed by atoms with Crippen LogP contribution in [-0.4, -0.2) is 21.9 Å². The molecule has 5 atom stereocenters. The van der Waals surface area contributed by atoms with Gasteiger partial charge in [0.05, 0.1) is 11.7 Å². The number of aliphatic hydroxyl groups excluding tert-OH is 1. The third kappa shape index (κ3) is 1.36. The van der Waals surface area contributed by atoms with Crippen molar-refractivity contribution in [1.29, 1.82) is 0 Å². The Hall–Kier alpha value is -1.12. The van der Waals surface area contributed by atoms with E-state index in [0.29, 0.717) is 5.92 Å². The second-order valence-electron chi connectivity index (χ2n) is 7.06. The van der Waals surface area contributed by atoms with Crippen LogP contribution in [0.5, 0.6) is 0 Å². The molecule has 2 N–H and O–H groups in total. The van der Waals surface area contributed by atoms with Gasteiger partial charge in [0.25, 0.3) is 0 Å². The molecule has 0 amide bonds. The summed E-state index contributed by atoms with van der Waals surface area (Å²) < 4.78 is 0. The summed E-state index contributed by atoms with van der Waals surface area (Å²) in [4.78, 5) is 0. The molecule has 3 aliphatic carbocycles. The van der Waals surface area contributed by atoms with E-state index < -0.39 is 5.60 Å². The Labute approximate surface area is 120 Å². The predicted octanol–water partition coefficient (Wildman–Crippen LogP) is 3.10. The van der Waals surface area contributed by atoms with Crippen molar-refractivity contribution in [3.63, 3.8) is 0 Å². The Kier molecular flexibility index (Phi) is 2.49. The van der Waals surface area contributed by atoms with E-state index in [0.717, 1.165) is 25.7 Å². The molecule has 2 nitrogen and oxygen atoms in total. The topological polar surface area (TPSA) is 40.5 Å². The van der Waals surface area contributed by atoms with E-state index in [-0.39, 0.29) is 17.4 Å². The Morgan fingerprint density at radius 3 is 2.80 bits per heavy atom. The third-order valence-electron chi connectivity index (χ3n) is 6.36. The highest BCUT2D eigenvalue weighted by Gasteiger charge is 2.63. The molecule has 20 heavy (non-hydrogen) atoms. The van der Waals surface area contributed by atoms with Gasteiger partial charge in [-0.25, -0.2) is 0 Å². The second kappa shape index (κ2) is 3.96. The summed E-state index contributed by atoms with van der Waals surface area (Å²) in [5, 5.41) is 21.7. The first-order chi connectivity index (χ1) is 9.56.